The second-order valence-electron chi connectivity index (χ2n) is 6.19. The van der Waals surface area contributed by atoms with Gasteiger partial charge in [0, 0.05) is 44.2 Å². The molecule has 1 aliphatic carbocycles. The highest BCUT2D eigenvalue weighted by Gasteiger charge is 2.35. The van der Waals surface area contributed by atoms with Crippen molar-refractivity contribution in [3.63, 3.8) is 0 Å². The monoisotopic (exact) mass is 314 g/mol. The number of imidazole rings is 1. The first-order valence-electron chi connectivity index (χ1n) is 7.99. The van der Waals surface area contributed by atoms with Crippen molar-refractivity contribution in [2.45, 2.75) is 38.8 Å². The van der Waals surface area contributed by atoms with Crippen LogP contribution in [0.4, 0.5) is 0 Å². The number of aromatic nitrogens is 3. The van der Waals surface area contributed by atoms with Crippen LogP contribution in [0.25, 0.3) is 0 Å². The van der Waals surface area contributed by atoms with E-state index >= 15 is 0 Å². The molecule has 1 saturated carbocycles. The van der Waals surface area contributed by atoms with Gasteiger partial charge in [0.1, 0.15) is 5.82 Å². The second kappa shape index (κ2) is 6.40. The van der Waals surface area contributed by atoms with E-state index in [4.69, 9.17) is 0 Å². The summed E-state index contributed by atoms with van der Waals surface area (Å²) in [5.41, 5.74) is 0.800. The third-order valence-electron chi connectivity index (χ3n) is 4.38. The summed E-state index contributed by atoms with van der Waals surface area (Å²) in [5, 5.41) is 3.09. The molecule has 0 saturated heterocycles. The molecule has 1 aliphatic rings. The standard InChI is InChI=1S/C17H22N4O2/c1-12-4-3-5-15(23)21(12)10-8-14(22)19-16(13-6-7-13)17-18-9-11-20(17)2/h3-5,9,11,13,16H,6-8,10H2,1-2H3,(H,19,22). The Labute approximate surface area is 135 Å². The largest absolute Gasteiger partial charge is 0.346 e. The lowest BCUT2D eigenvalue weighted by Crippen LogP contribution is -2.33. The molecule has 1 N–H and O–H groups in total. The minimum absolute atomic E-state index is 0.0314. The van der Waals surface area contributed by atoms with Crippen LogP contribution >= 0.6 is 0 Å². The molecular weight excluding hydrogens is 292 g/mol. The van der Waals surface area contributed by atoms with Crippen LogP contribution in [0.15, 0.2) is 35.4 Å². The lowest BCUT2D eigenvalue weighted by Gasteiger charge is -2.18. The molecule has 0 aromatic carbocycles. The zero-order chi connectivity index (χ0) is 16.4. The summed E-state index contributed by atoms with van der Waals surface area (Å²) in [6.45, 7) is 2.27. The first-order chi connectivity index (χ1) is 11.1. The number of carbonyl (C=O) groups excluding carboxylic acids is 1. The van der Waals surface area contributed by atoms with Gasteiger partial charge in [0.15, 0.2) is 0 Å². The fraction of sp³-hybridized carbons (Fsp3) is 0.471. The van der Waals surface area contributed by atoms with Crippen LogP contribution in [0.5, 0.6) is 0 Å². The molecule has 1 unspecified atom stereocenters. The van der Waals surface area contributed by atoms with E-state index in [2.05, 4.69) is 10.3 Å². The lowest BCUT2D eigenvalue weighted by molar-refractivity contribution is -0.122. The molecule has 122 valence electrons. The normalized spacial score (nSPS) is 15.4. The molecule has 2 heterocycles. The van der Waals surface area contributed by atoms with Crippen molar-refractivity contribution in [1.82, 2.24) is 19.4 Å². The van der Waals surface area contributed by atoms with Crippen LogP contribution < -0.4 is 10.9 Å². The van der Waals surface area contributed by atoms with Gasteiger partial charge in [0.25, 0.3) is 5.56 Å². The quantitative estimate of drug-likeness (QED) is 0.879. The molecule has 23 heavy (non-hydrogen) atoms. The number of nitrogens with one attached hydrogen (secondary N) is 1. The number of aryl methyl sites for hydroxylation is 2. The van der Waals surface area contributed by atoms with Crippen LogP contribution in [-0.2, 0) is 18.4 Å². The van der Waals surface area contributed by atoms with E-state index in [1.807, 2.05) is 30.8 Å². The Morgan fingerprint density at radius 1 is 1.43 bits per heavy atom. The number of hydrogen-bond donors (Lipinski definition) is 1. The van der Waals surface area contributed by atoms with Gasteiger partial charge < -0.3 is 14.5 Å². The van der Waals surface area contributed by atoms with Crippen molar-refractivity contribution >= 4 is 5.91 Å². The van der Waals surface area contributed by atoms with Gasteiger partial charge in [-0.1, -0.05) is 6.07 Å². The predicted octanol–water partition coefficient (Wildman–Crippen LogP) is 1.55. The maximum Gasteiger partial charge on any atom is 0.250 e. The highest BCUT2D eigenvalue weighted by molar-refractivity contribution is 5.76. The summed E-state index contributed by atoms with van der Waals surface area (Å²) >= 11 is 0. The van der Waals surface area contributed by atoms with Gasteiger partial charge in [-0.05, 0) is 31.7 Å². The highest BCUT2D eigenvalue weighted by Crippen LogP contribution is 2.40. The third kappa shape index (κ3) is 3.52. The van der Waals surface area contributed by atoms with E-state index < -0.39 is 0 Å². The minimum Gasteiger partial charge on any atom is -0.346 e. The molecule has 0 spiro atoms. The van der Waals surface area contributed by atoms with Crippen LogP contribution in [0, 0.1) is 12.8 Å². The predicted molar refractivity (Wildman–Crippen MR) is 86.9 cm³/mol. The summed E-state index contributed by atoms with van der Waals surface area (Å²) in [6.07, 6.45) is 6.18. The van der Waals surface area contributed by atoms with E-state index in [1.54, 1.807) is 16.8 Å². The fourth-order valence-corrected chi connectivity index (χ4v) is 2.87. The first kappa shape index (κ1) is 15.5. The maximum absolute atomic E-state index is 12.3. The third-order valence-corrected chi connectivity index (χ3v) is 4.38. The fourth-order valence-electron chi connectivity index (χ4n) is 2.87. The van der Waals surface area contributed by atoms with Gasteiger partial charge >= 0.3 is 0 Å². The summed E-state index contributed by atoms with van der Waals surface area (Å²) in [6, 6.07) is 5.10. The number of hydrogen-bond acceptors (Lipinski definition) is 3. The summed E-state index contributed by atoms with van der Waals surface area (Å²) in [7, 11) is 1.94. The second-order valence-corrected chi connectivity index (χ2v) is 6.19. The van der Waals surface area contributed by atoms with E-state index in [-0.39, 0.29) is 17.5 Å². The van der Waals surface area contributed by atoms with Crippen molar-refractivity contribution in [3.8, 4) is 0 Å². The molecule has 1 atom stereocenters. The van der Waals surface area contributed by atoms with Crippen molar-refractivity contribution < 1.29 is 4.79 Å². The Hall–Kier alpha value is -2.37. The molecule has 2 aromatic rings. The van der Waals surface area contributed by atoms with E-state index in [9.17, 15) is 9.59 Å². The molecule has 3 rings (SSSR count). The minimum atomic E-state index is -0.0688. The Morgan fingerprint density at radius 2 is 2.22 bits per heavy atom. The SMILES string of the molecule is Cc1cccc(=O)n1CCC(=O)NC(c1nccn1C)C1CC1. The van der Waals surface area contributed by atoms with Crippen LogP contribution in [0.1, 0.15) is 36.8 Å². The molecule has 1 amide bonds. The molecular formula is C17H22N4O2. The lowest BCUT2D eigenvalue weighted by atomic mass is 10.1. The first-order valence-corrected chi connectivity index (χ1v) is 7.99. The van der Waals surface area contributed by atoms with Gasteiger partial charge in [-0.2, -0.15) is 0 Å². The van der Waals surface area contributed by atoms with Crippen LogP contribution in [0.3, 0.4) is 0 Å². The average Bonchev–Trinajstić information content (AvgIpc) is 3.26. The molecule has 6 nitrogen and oxygen atoms in total. The van der Waals surface area contributed by atoms with Gasteiger partial charge in [-0.15, -0.1) is 0 Å². The maximum atomic E-state index is 12.3. The zero-order valence-corrected chi connectivity index (χ0v) is 13.5. The number of carbonyl (C=O) groups is 1. The Kier molecular flexibility index (Phi) is 4.32. The molecule has 0 radical (unpaired) electrons. The topological polar surface area (TPSA) is 68.9 Å². The Balaban J connectivity index is 1.64. The number of rotatable bonds is 6. The van der Waals surface area contributed by atoms with E-state index in [1.165, 1.54) is 6.07 Å². The van der Waals surface area contributed by atoms with Crippen molar-refractivity contribution in [1.29, 1.82) is 0 Å². The highest BCUT2D eigenvalue weighted by atomic mass is 16.2. The molecule has 2 aromatic heterocycles. The zero-order valence-electron chi connectivity index (χ0n) is 13.5. The Morgan fingerprint density at radius 3 is 2.83 bits per heavy atom. The van der Waals surface area contributed by atoms with Gasteiger partial charge in [-0.25, -0.2) is 4.98 Å². The molecule has 0 aliphatic heterocycles. The average molecular weight is 314 g/mol. The van der Waals surface area contributed by atoms with Crippen molar-refractivity contribution in [2.24, 2.45) is 13.0 Å². The Bertz CT molecular complexity index is 758. The van der Waals surface area contributed by atoms with Crippen LogP contribution in [0.2, 0.25) is 0 Å². The number of pyridine rings is 1. The number of amides is 1. The van der Waals surface area contributed by atoms with Crippen LogP contribution in [-0.4, -0.2) is 20.0 Å². The summed E-state index contributed by atoms with van der Waals surface area (Å²) in [5.74, 6) is 1.33. The van der Waals surface area contributed by atoms with Crippen molar-refractivity contribution in [2.75, 3.05) is 0 Å². The molecule has 0 bridgehead atoms. The summed E-state index contributed by atoms with van der Waals surface area (Å²) in [4.78, 5) is 28.5. The molecule has 6 heteroatoms. The summed E-state index contributed by atoms with van der Waals surface area (Å²) < 4.78 is 3.58. The smallest absolute Gasteiger partial charge is 0.250 e. The molecule has 1 fully saturated rings. The van der Waals surface area contributed by atoms with Gasteiger partial charge in [0.2, 0.25) is 5.91 Å². The number of nitrogens with zero attached hydrogens (tertiary/aromatic N) is 3. The van der Waals surface area contributed by atoms with Gasteiger partial charge in [0.05, 0.1) is 6.04 Å². The van der Waals surface area contributed by atoms with Gasteiger partial charge in [-0.3, -0.25) is 9.59 Å². The van der Waals surface area contributed by atoms with E-state index in [0.717, 1.165) is 24.4 Å². The van der Waals surface area contributed by atoms with Crippen molar-refractivity contribution in [3.05, 3.63) is 52.5 Å². The van der Waals surface area contributed by atoms with E-state index in [0.29, 0.717) is 18.9 Å².